The molecule has 3 aromatic rings. The number of nitrogens with zero attached hydrogens (tertiary/aromatic N) is 3. The highest BCUT2D eigenvalue weighted by atomic mass is 15.2. The zero-order valence-corrected chi connectivity index (χ0v) is 11.7. The van der Waals surface area contributed by atoms with E-state index in [-0.39, 0.29) is 0 Å². The van der Waals surface area contributed by atoms with Gasteiger partial charge in [-0.1, -0.05) is 18.2 Å². The number of aromatic amines is 1. The van der Waals surface area contributed by atoms with Crippen molar-refractivity contribution in [1.82, 2.24) is 15.0 Å². The Hall–Kier alpha value is -2.36. The van der Waals surface area contributed by atoms with E-state index in [1.807, 2.05) is 18.5 Å². The standard InChI is InChI=1S/C16H18N4/c1-12(2)20(10-14-9-17-11-19-14)15-7-3-5-13-6-4-8-18-16(13)15/h3-9,11-12H,10H2,1-2H3,(H,17,19). The summed E-state index contributed by atoms with van der Waals surface area (Å²) in [7, 11) is 0. The first-order valence-electron chi connectivity index (χ1n) is 6.83. The molecule has 0 aliphatic carbocycles. The van der Waals surface area contributed by atoms with Gasteiger partial charge in [0.1, 0.15) is 0 Å². The van der Waals surface area contributed by atoms with Gasteiger partial charge >= 0.3 is 0 Å². The fourth-order valence-electron chi connectivity index (χ4n) is 2.42. The fourth-order valence-corrected chi connectivity index (χ4v) is 2.42. The lowest BCUT2D eigenvalue weighted by Gasteiger charge is -2.29. The summed E-state index contributed by atoms with van der Waals surface area (Å²) in [5.41, 5.74) is 3.31. The molecule has 0 fully saturated rings. The van der Waals surface area contributed by atoms with E-state index < -0.39 is 0 Å². The lowest BCUT2D eigenvalue weighted by Crippen LogP contribution is -2.30. The SMILES string of the molecule is CC(C)N(Cc1cnc[nH]1)c1cccc2cccnc12. The van der Waals surface area contributed by atoms with Crippen molar-refractivity contribution in [2.75, 3.05) is 4.90 Å². The van der Waals surface area contributed by atoms with Crippen molar-refractivity contribution < 1.29 is 0 Å². The van der Waals surface area contributed by atoms with Crippen molar-refractivity contribution in [3.63, 3.8) is 0 Å². The first-order valence-corrected chi connectivity index (χ1v) is 6.83. The average Bonchev–Trinajstić information content (AvgIpc) is 2.97. The van der Waals surface area contributed by atoms with Crippen LogP contribution in [0.2, 0.25) is 0 Å². The monoisotopic (exact) mass is 266 g/mol. The summed E-state index contributed by atoms with van der Waals surface area (Å²) in [5.74, 6) is 0. The van der Waals surface area contributed by atoms with Gasteiger partial charge in [0.2, 0.25) is 0 Å². The van der Waals surface area contributed by atoms with E-state index in [0.717, 1.165) is 23.4 Å². The lowest BCUT2D eigenvalue weighted by molar-refractivity contribution is 0.677. The molecule has 20 heavy (non-hydrogen) atoms. The van der Waals surface area contributed by atoms with Crippen molar-refractivity contribution in [3.05, 3.63) is 54.7 Å². The van der Waals surface area contributed by atoms with Crippen LogP contribution in [0.1, 0.15) is 19.5 Å². The second kappa shape index (κ2) is 5.33. The van der Waals surface area contributed by atoms with Gasteiger partial charge in [-0.25, -0.2) is 4.98 Å². The zero-order valence-electron chi connectivity index (χ0n) is 11.7. The number of aromatic nitrogens is 3. The van der Waals surface area contributed by atoms with Gasteiger partial charge in [-0.15, -0.1) is 0 Å². The van der Waals surface area contributed by atoms with Gasteiger partial charge in [-0.05, 0) is 26.0 Å². The van der Waals surface area contributed by atoms with Crippen molar-refractivity contribution in [2.45, 2.75) is 26.4 Å². The van der Waals surface area contributed by atoms with Crippen LogP contribution >= 0.6 is 0 Å². The summed E-state index contributed by atoms with van der Waals surface area (Å²) < 4.78 is 0. The minimum absolute atomic E-state index is 0.380. The lowest BCUT2D eigenvalue weighted by atomic mass is 10.1. The van der Waals surface area contributed by atoms with Crippen LogP contribution in [0.25, 0.3) is 10.9 Å². The van der Waals surface area contributed by atoms with Crippen LogP contribution in [0.3, 0.4) is 0 Å². The molecular weight excluding hydrogens is 248 g/mol. The van der Waals surface area contributed by atoms with E-state index in [0.29, 0.717) is 6.04 Å². The summed E-state index contributed by atoms with van der Waals surface area (Å²) in [5, 5.41) is 1.17. The molecule has 1 aromatic carbocycles. The Morgan fingerprint density at radius 3 is 2.80 bits per heavy atom. The van der Waals surface area contributed by atoms with Gasteiger partial charge < -0.3 is 9.88 Å². The largest absolute Gasteiger partial charge is 0.361 e. The molecule has 1 N–H and O–H groups in total. The number of hydrogen-bond donors (Lipinski definition) is 1. The molecule has 0 aliphatic heterocycles. The Morgan fingerprint density at radius 2 is 2.05 bits per heavy atom. The molecule has 102 valence electrons. The molecule has 0 aliphatic rings. The Labute approximate surface area is 118 Å². The van der Waals surface area contributed by atoms with E-state index in [1.165, 1.54) is 5.39 Å². The van der Waals surface area contributed by atoms with Crippen LogP contribution in [0.15, 0.2) is 49.1 Å². The normalized spacial score (nSPS) is 11.2. The predicted octanol–water partition coefficient (Wildman–Crippen LogP) is 3.37. The number of para-hydroxylation sites is 1. The van der Waals surface area contributed by atoms with Crippen LogP contribution in [0.4, 0.5) is 5.69 Å². The van der Waals surface area contributed by atoms with Crippen LogP contribution in [0, 0.1) is 0 Å². The molecule has 0 radical (unpaired) electrons. The Kier molecular flexibility index (Phi) is 3.37. The summed E-state index contributed by atoms with van der Waals surface area (Å²) >= 11 is 0. The highest BCUT2D eigenvalue weighted by Gasteiger charge is 2.15. The number of H-pyrrole nitrogens is 1. The van der Waals surface area contributed by atoms with Crippen LogP contribution in [0.5, 0.6) is 0 Å². The van der Waals surface area contributed by atoms with Crippen molar-refractivity contribution >= 4 is 16.6 Å². The summed E-state index contributed by atoms with van der Waals surface area (Å²) in [6, 6.07) is 10.8. The molecule has 0 bridgehead atoms. The van der Waals surface area contributed by atoms with Crippen molar-refractivity contribution in [3.8, 4) is 0 Å². The Morgan fingerprint density at radius 1 is 1.20 bits per heavy atom. The van der Waals surface area contributed by atoms with Gasteiger partial charge in [-0.3, -0.25) is 4.98 Å². The Bertz CT molecular complexity index is 683. The van der Waals surface area contributed by atoms with E-state index >= 15 is 0 Å². The predicted molar refractivity (Wildman–Crippen MR) is 81.6 cm³/mol. The maximum atomic E-state index is 4.55. The molecule has 2 aromatic heterocycles. The second-order valence-electron chi connectivity index (χ2n) is 5.15. The molecule has 0 atom stereocenters. The molecule has 0 amide bonds. The van der Waals surface area contributed by atoms with Crippen molar-refractivity contribution in [2.24, 2.45) is 0 Å². The molecule has 2 heterocycles. The van der Waals surface area contributed by atoms with E-state index in [9.17, 15) is 0 Å². The second-order valence-corrected chi connectivity index (χ2v) is 5.15. The van der Waals surface area contributed by atoms with Gasteiger partial charge in [0.15, 0.2) is 0 Å². The van der Waals surface area contributed by atoms with Gasteiger partial charge in [0.05, 0.1) is 29.8 Å². The molecule has 4 heteroatoms. The first-order chi connectivity index (χ1) is 9.75. The van der Waals surface area contributed by atoms with E-state index in [4.69, 9.17) is 0 Å². The van der Waals surface area contributed by atoms with Gasteiger partial charge in [-0.2, -0.15) is 0 Å². The maximum Gasteiger partial charge on any atom is 0.0935 e. The van der Waals surface area contributed by atoms with Crippen LogP contribution in [-0.2, 0) is 6.54 Å². The summed E-state index contributed by atoms with van der Waals surface area (Å²) in [6.07, 6.45) is 5.43. The quantitative estimate of drug-likeness (QED) is 0.787. The third kappa shape index (κ3) is 2.37. The maximum absolute atomic E-state index is 4.55. The highest BCUT2D eigenvalue weighted by molar-refractivity contribution is 5.90. The molecule has 4 nitrogen and oxygen atoms in total. The fraction of sp³-hybridized carbons (Fsp3) is 0.250. The number of anilines is 1. The zero-order chi connectivity index (χ0) is 13.9. The number of imidazole rings is 1. The summed E-state index contributed by atoms with van der Waals surface area (Å²) in [4.78, 5) is 14.1. The molecular formula is C16H18N4. The minimum atomic E-state index is 0.380. The van der Waals surface area contributed by atoms with E-state index in [2.05, 4.69) is 58.0 Å². The first kappa shape index (κ1) is 12.7. The van der Waals surface area contributed by atoms with E-state index in [1.54, 1.807) is 6.33 Å². The van der Waals surface area contributed by atoms with Crippen LogP contribution in [-0.4, -0.2) is 21.0 Å². The van der Waals surface area contributed by atoms with Gasteiger partial charge in [0.25, 0.3) is 0 Å². The highest BCUT2D eigenvalue weighted by Crippen LogP contribution is 2.27. The van der Waals surface area contributed by atoms with Gasteiger partial charge in [0, 0.05) is 23.8 Å². The molecule has 3 rings (SSSR count). The third-order valence-corrected chi connectivity index (χ3v) is 3.44. The number of rotatable bonds is 4. The average molecular weight is 266 g/mol. The number of pyridine rings is 1. The number of nitrogens with one attached hydrogen (secondary N) is 1. The summed E-state index contributed by atoms with van der Waals surface area (Å²) in [6.45, 7) is 5.18. The van der Waals surface area contributed by atoms with Crippen molar-refractivity contribution in [1.29, 1.82) is 0 Å². The minimum Gasteiger partial charge on any atom is -0.361 e. The molecule has 0 spiro atoms. The van der Waals surface area contributed by atoms with Crippen LogP contribution < -0.4 is 4.90 Å². The number of hydrogen-bond acceptors (Lipinski definition) is 3. The third-order valence-electron chi connectivity index (χ3n) is 3.44. The molecule has 0 unspecified atom stereocenters. The molecule has 0 saturated heterocycles. The Balaban J connectivity index is 2.05. The number of benzene rings is 1. The topological polar surface area (TPSA) is 44.8 Å². The molecule has 0 saturated carbocycles. The number of fused-ring (bicyclic) bond motifs is 1. The smallest absolute Gasteiger partial charge is 0.0935 e.